The van der Waals surface area contributed by atoms with E-state index < -0.39 is 12.0 Å². The van der Waals surface area contributed by atoms with E-state index in [-0.39, 0.29) is 11.8 Å². The van der Waals surface area contributed by atoms with Crippen LogP contribution in [0.5, 0.6) is 0 Å². The number of anilines is 1. The summed E-state index contributed by atoms with van der Waals surface area (Å²) in [6.07, 6.45) is 5.93. The number of hydrogen-bond donors (Lipinski definition) is 2. The summed E-state index contributed by atoms with van der Waals surface area (Å²) in [5.74, 6) is -0.168. The van der Waals surface area contributed by atoms with Gasteiger partial charge in [-0.3, -0.25) is 10.1 Å². The van der Waals surface area contributed by atoms with E-state index in [1.54, 1.807) is 0 Å². The summed E-state index contributed by atoms with van der Waals surface area (Å²) in [6.45, 7) is 1.99. The molecule has 124 valence electrons. The molecular weight excluding hydrogens is 298 g/mol. The second kappa shape index (κ2) is 6.85. The standard InChI is InChI=1S/C16H21N3O4/c1-2-6-10-9-12(20)22-15-13(10)14(21)17-16(18-15)23-19-11-7-4-3-5-8-11/h9,16,18H,2-8H2,1H3,(H,17,21). The van der Waals surface area contributed by atoms with Crippen LogP contribution in [0.2, 0.25) is 0 Å². The Morgan fingerprint density at radius 2 is 2.04 bits per heavy atom. The third kappa shape index (κ3) is 3.55. The van der Waals surface area contributed by atoms with Crippen molar-refractivity contribution in [3.05, 3.63) is 27.6 Å². The van der Waals surface area contributed by atoms with Crippen molar-refractivity contribution >= 4 is 17.5 Å². The Labute approximate surface area is 134 Å². The van der Waals surface area contributed by atoms with Crippen molar-refractivity contribution in [2.24, 2.45) is 5.16 Å². The van der Waals surface area contributed by atoms with Gasteiger partial charge >= 0.3 is 5.63 Å². The van der Waals surface area contributed by atoms with E-state index in [9.17, 15) is 9.59 Å². The molecule has 2 heterocycles. The van der Waals surface area contributed by atoms with E-state index in [2.05, 4.69) is 15.8 Å². The lowest BCUT2D eigenvalue weighted by Gasteiger charge is -2.26. The van der Waals surface area contributed by atoms with E-state index in [4.69, 9.17) is 9.25 Å². The predicted molar refractivity (Wildman–Crippen MR) is 85.5 cm³/mol. The minimum atomic E-state index is -0.829. The third-order valence-electron chi connectivity index (χ3n) is 4.03. The zero-order chi connectivity index (χ0) is 16.2. The summed E-state index contributed by atoms with van der Waals surface area (Å²) in [5, 5.41) is 9.68. The van der Waals surface area contributed by atoms with E-state index >= 15 is 0 Å². The van der Waals surface area contributed by atoms with Gasteiger partial charge in [-0.05, 0) is 37.7 Å². The van der Waals surface area contributed by atoms with Gasteiger partial charge in [0.05, 0.1) is 5.71 Å². The molecule has 3 rings (SSSR count). The van der Waals surface area contributed by atoms with Gasteiger partial charge in [0, 0.05) is 6.07 Å². The Bertz CT molecular complexity index is 672. The van der Waals surface area contributed by atoms with E-state index in [1.807, 2.05) is 6.92 Å². The molecule has 0 radical (unpaired) electrons. The molecule has 1 atom stereocenters. The van der Waals surface area contributed by atoms with Crippen LogP contribution in [0.15, 0.2) is 20.4 Å². The highest BCUT2D eigenvalue weighted by Gasteiger charge is 2.29. The summed E-state index contributed by atoms with van der Waals surface area (Å²) in [6, 6.07) is 1.37. The molecule has 0 spiro atoms. The Morgan fingerprint density at radius 3 is 2.78 bits per heavy atom. The number of hydrogen-bond acceptors (Lipinski definition) is 6. The Morgan fingerprint density at radius 1 is 1.26 bits per heavy atom. The number of carbonyl (C=O) groups is 1. The van der Waals surface area contributed by atoms with Crippen LogP contribution in [0, 0.1) is 0 Å². The maximum atomic E-state index is 12.3. The lowest BCUT2D eigenvalue weighted by Crippen LogP contribution is -2.47. The van der Waals surface area contributed by atoms with Gasteiger partial charge in [0.15, 0.2) is 0 Å². The lowest BCUT2D eigenvalue weighted by molar-refractivity contribution is 0.0413. The van der Waals surface area contributed by atoms with Crippen LogP contribution in [0.25, 0.3) is 0 Å². The first-order valence-electron chi connectivity index (χ1n) is 8.13. The first-order chi connectivity index (χ1) is 11.2. The third-order valence-corrected chi connectivity index (χ3v) is 4.03. The molecular formula is C16H21N3O4. The zero-order valence-electron chi connectivity index (χ0n) is 13.2. The molecule has 1 fully saturated rings. The number of nitrogens with zero attached hydrogens (tertiary/aromatic N) is 1. The first kappa shape index (κ1) is 15.6. The summed E-state index contributed by atoms with van der Waals surface area (Å²) in [5.41, 5.74) is 1.57. The Kier molecular flexibility index (Phi) is 4.64. The van der Waals surface area contributed by atoms with Crippen LogP contribution in [0.1, 0.15) is 61.4 Å². The molecule has 0 bridgehead atoms. The molecule has 0 aromatic carbocycles. The average molecular weight is 319 g/mol. The highest BCUT2D eigenvalue weighted by molar-refractivity contribution is 6.01. The fourth-order valence-corrected chi connectivity index (χ4v) is 2.94. The van der Waals surface area contributed by atoms with Crippen molar-refractivity contribution in [2.75, 3.05) is 5.32 Å². The van der Waals surface area contributed by atoms with Gasteiger partial charge in [-0.2, -0.15) is 0 Å². The molecule has 23 heavy (non-hydrogen) atoms. The lowest BCUT2D eigenvalue weighted by atomic mass is 9.99. The molecule has 2 aliphatic rings. The smallest absolute Gasteiger partial charge is 0.337 e. The van der Waals surface area contributed by atoms with Crippen molar-refractivity contribution in [1.82, 2.24) is 5.32 Å². The molecule has 1 aliphatic carbocycles. The van der Waals surface area contributed by atoms with E-state index in [1.165, 1.54) is 12.5 Å². The van der Waals surface area contributed by atoms with Crippen LogP contribution >= 0.6 is 0 Å². The molecule has 2 N–H and O–H groups in total. The monoisotopic (exact) mass is 319 g/mol. The van der Waals surface area contributed by atoms with Crippen LogP contribution in [0.4, 0.5) is 5.88 Å². The van der Waals surface area contributed by atoms with Crippen molar-refractivity contribution in [3.8, 4) is 0 Å². The first-order valence-corrected chi connectivity index (χ1v) is 8.13. The summed E-state index contributed by atoms with van der Waals surface area (Å²) in [7, 11) is 0. The number of amides is 1. The van der Waals surface area contributed by atoms with Gasteiger partial charge in [0.1, 0.15) is 5.56 Å². The van der Waals surface area contributed by atoms with Crippen LogP contribution in [-0.4, -0.2) is 18.0 Å². The van der Waals surface area contributed by atoms with Gasteiger partial charge in [-0.15, -0.1) is 0 Å². The van der Waals surface area contributed by atoms with E-state index in [0.29, 0.717) is 17.5 Å². The van der Waals surface area contributed by atoms with Crippen LogP contribution < -0.4 is 16.3 Å². The molecule has 1 aromatic heterocycles. The molecule has 1 amide bonds. The molecule has 7 heteroatoms. The van der Waals surface area contributed by atoms with Crippen molar-refractivity contribution in [2.45, 2.75) is 58.2 Å². The number of aryl methyl sites for hydroxylation is 1. The van der Waals surface area contributed by atoms with Gasteiger partial charge < -0.3 is 14.6 Å². The predicted octanol–water partition coefficient (Wildman–Crippen LogP) is 2.37. The zero-order valence-corrected chi connectivity index (χ0v) is 13.2. The van der Waals surface area contributed by atoms with Gasteiger partial charge in [0.25, 0.3) is 12.3 Å². The normalized spacial score (nSPS) is 20.3. The summed E-state index contributed by atoms with van der Waals surface area (Å²) in [4.78, 5) is 29.3. The number of nitrogens with one attached hydrogen (secondary N) is 2. The topological polar surface area (TPSA) is 92.9 Å². The van der Waals surface area contributed by atoms with Crippen molar-refractivity contribution in [3.63, 3.8) is 0 Å². The average Bonchev–Trinajstić information content (AvgIpc) is 2.53. The summed E-state index contributed by atoms with van der Waals surface area (Å²) >= 11 is 0. The highest BCUT2D eigenvalue weighted by Crippen LogP contribution is 2.24. The molecule has 0 saturated heterocycles. The number of oxime groups is 1. The Balaban J connectivity index is 1.77. The highest BCUT2D eigenvalue weighted by atomic mass is 16.7. The molecule has 1 aliphatic heterocycles. The minimum Gasteiger partial charge on any atom is -0.406 e. The largest absolute Gasteiger partial charge is 0.406 e. The number of carbonyl (C=O) groups excluding carboxylic acids is 1. The molecule has 1 saturated carbocycles. The van der Waals surface area contributed by atoms with Gasteiger partial charge in [-0.25, -0.2) is 4.79 Å². The molecule has 1 unspecified atom stereocenters. The fourth-order valence-electron chi connectivity index (χ4n) is 2.94. The fraction of sp³-hybridized carbons (Fsp3) is 0.562. The maximum absolute atomic E-state index is 12.3. The molecule has 7 nitrogen and oxygen atoms in total. The SMILES string of the molecule is CCCc1cc(=O)oc2c1C(=O)NC(ON=C1CCCCC1)N2. The second-order valence-electron chi connectivity index (χ2n) is 5.87. The van der Waals surface area contributed by atoms with E-state index in [0.717, 1.165) is 37.8 Å². The van der Waals surface area contributed by atoms with Gasteiger partial charge in [0.2, 0.25) is 5.88 Å². The van der Waals surface area contributed by atoms with Gasteiger partial charge in [-0.1, -0.05) is 24.9 Å². The Hall–Kier alpha value is -2.31. The molecule has 1 aromatic rings. The second-order valence-corrected chi connectivity index (χ2v) is 5.87. The quantitative estimate of drug-likeness (QED) is 0.831. The van der Waals surface area contributed by atoms with Crippen LogP contribution in [0.3, 0.4) is 0 Å². The van der Waals surface area contributed by atoms with Crippen molar-refractivity contribution in [1.29, 1.82) is 0 Å². The number of fused-ring (bicyclic) bond motifs is 1. The maximum Gasteiger partial charge on any atom is 0.337 e. The van der Waals surface area contributed by atoms with Crippen molar-refractivity contribution < 1.29 is 14.0 Å². The van der Waals surface area contributed by atoms with Crippen LogP contribution in [-0.2, 0) is 11.3 Å². The minimum absolute atomic E-state index is 0.151. The number of rotatable bonds is 4. The summed E-state index contributed by atoms with van der Waals surface area (Å²) < 4.78 is 5.12.